The van der Waals surface area contributed by atoms with Gasteiger partial charge in [-0.3, -0.25) is 9.59 Å². The largest absolute Gasteiger partial charge is 0.339 e. The van der Waals surface area contributed by atoms with Crippen molar-refractivity contribution in [3.63, 3.8) is 0 Å². The zero-order chi connectivity index (χ0) is 21.0. The van der Waals surface area contributed by atoms with E-state index in [-0.39, 0.29) is 54.3 Å². The van der Waals surface area contributed by atoms with Crippen LogP contribution in [0.15, 0.2) is 58.3 Å². The first-order valence-corrected chi connectivity index (χ1v) is 11.5. The van der Waals surface area contributed by atoms with E-state index in [0.29, 0.717) is 10.5 Å². The maximum atomic E-state index is 13.7. The van der Waals surface area contributed by atoms with Gasteiger partial charge in [0.15, 0.2) is 5.78 Å². The smallest absolute Gasteiger partial charge is 0.243 e. The second kappa shape index (κ2) is 9.06. The second-order valence-corrected chi connectivity index (χ2v) is 9.54. The highest BCUT2D eigenvalue weighted by atomic mass is 32.2. The number of rotatable bonds is 6. The summed E-state index contributed by atoms with van der Waals surface area (Å²) in [5, 5.41) is 0. The second-order valence-electron chi connectivity index (χ2n) is 6.59. The molecular formula is C20H21FN2O4S2. The number of amides is 1. The van der Waals surface area contributed by atoms with E-state index >= 15 is 0 Å². The van der Waals surface area contributed by atoms with Gasteiger partial charge in [-0.15, -0.1) is 11.8 Å². The zero-order valence-electron chi connectivity index (χ0n) is 15.9. The number of Topliss-reactive ketones (excluding diaryl/α,β-unsaturated/α-hetero) is 1. The third kappa shape index (κ3) is 5.04. The van der Waals surface area contributed by atoms with E-state index in [1.807, 2.05) is 0 Å². The van der Waals surface area contributed by atoms with Crippen molar-refractivity contribution in [1.82, 2.24) is 9.21 Å². The molecule has 0 aromatic heterocycles. The van der Waals surface area contributed by atoms with Crippen LogP contribution >= 0.6 is 11.8 Å². The summed E-state index contributed by atoms with van der Waals surface area (Å²) < 4.78 is 40.7. The Hall–Kier alpha value is -2.23. The molecule has 0 bridgehead atoms. The van der Waals surface area contributed by atoms with Gasteiger partial charge in [-0.25, -0.2) is 12.8 Å². The molecule has 1 heterocycles. The Kier molecular flexibility index (Phi) is 6.71. The number of benzene rings is 2. The van der Waals surface area contributed by atoms with Gasteiger partial charge in [0.1, 0.15) is 5.82 Å². The predicted molar refractivity (Wildman–Crippen MR) is 109 cm³/mol. The number of thioether (sulfide) groups is 1. The van der Waals surface area contributed by atoms with Crippen LogP contribution in [0.4, 0.5) is 4.39 Å². The molecule has 0 aliphatic carbocycles. The molecule has 1 saturated heterocycles. The zero-order valence-corrected chi connectivity index (χ0v) is 17.5. The van der Waals surface area contributed by atoms with E-state index in [1.165, 1.54) is 29.4 Å². The Balaban J connectivity index is 1.59. The molecule has 1 aliphatic rings. The Morgan fingerprint density at radius 1 is 1.03 bits per heavy atom. The minimum atomic E-state index is -3.74. The molecule has 1 fully saturated rings. The Morgan fingerprint density at radius 3 is 2.38 bits per heavy atom. The lowest BCUT2D eigenvalue weighted by Gasteiger charge is -2.34. The quantitative estimate of drug-likeness (QED) is 0.514. The van der Waals surface area contributed by atoms with Gasteiger partial charge in [0, 0.05) is 36.6 Å². The predicted octanol–water partition coefficient (Wildman–Crippen LogP) is 2.65. The lowest BCUT2D eigenvalue weighted by Crippen LogP contribution is -2.51. The first-order valence-electron chi connectivity index (χ1n) is 9.05. The van der Waals surface area contributed by atoms with Gasteiger partial charge in [-0.1, -0.05) is 24.3 Å². The van der Waals surface area contributed by atoms with E-state index in [1.54, 1.807) is 35.2 Å². The average molecular weight is 437 g/mol. The molecule has 0 unspecified atom stereocenters. The highest BCUT2D eigenvalue weighted by Gasteiger charge is 2.30. The van der Waals surface area contributed by atoms with Crippen LogP contribution in [-0.2, 0) is 14.8 Å². The highest BCUT2D eigenvalue weighted by molar-refractivity contribution is 8.00. The van der Waals surface area contributed by atoms with Crippen LogP contribution in [0, 0.1) is 5.82 Å². The van der Waals surface area contributed by atoms with Crippen molar-refractivity contribution in [1.29, 1.82) is 0 Å². The molecule has 9 heteroatoms. The number of halogens is 1. The van der Waals surface area contributed by atoms with E-state index in [4.69, 9.17) is 0 Å². The van der Waals surface area contributed by atoms with Crippen LogP contribution in [0.25, 0.3) is 0 Å². The summed E-state index contributed by atoms with van der Waals surface area (Å²) in [4.78, 5) is 26.0. The topological polar surface area (TPSA) is 74.8 Å². The number of hydrogen-bond donors (Lipinski definition) is 0. The normalized spacial score (nSPS) is 15.3. The molecule has 6 nitrogen and oxygen atoms in total. The van der Waals surface area contributed by atoms with E-state index < -0.39 is 10.0 Å². The summed E-state index contributed by atoms with van der Waals surface area (Å²) >= 11 is 1.13. The summed E-state index contributed by atoms with van der Waals surface area (Å²) in [5.41, 5.74) is 0.338. The minimum Gasteiger partial charge on any atom is -0.339 e. The lowest BCUT2D eigenvalue weighted by atomic mass is 10.2. The molecule has 0 radical (unpaired) electrons. The maximum Gasteiger partial charge on any atom is 0.243 e. The van der Waals surface area contributed by atoms with Gasteiger partial charge in [0.2, 0.25) is 15.9 Å². The van der Waals surface area contributed by atoms with E-state index in [2.05, 4.69) is 0 Å². The minimum absolute atomic E-state index is 0.0695. The van der Waals surface area contributed by atoms with E-state index in [0.717, 1.165) is 11.8 Å². The van der Waals surface area contributed by atoms with Gasteiger partial charge < -0.3 is 4.90 Å². The van der Waals surface area contributed by atoms with Crippen LogP contribution in [0.3, 0.4) is 0 Å². The number of sulfonamides is 1. The van der Waals surface area contributed by atoms with Gasteiger partial charge >= 0.3 is 0 Å². The molecular weight excluding hydrogens is 415 g/mol. The molecule has 29 heavy (non-hydrogen) atoms. The van der Waals surface area contributed by atoms with Crippen molar-refractivity contribution in [2.45, 2.75) is 16.7 Å². The summed E-state index contributed by atoms with van der Waals surface area (Å²) in [6, 6.07) is 12.2. The van der Waals surface area contributed by atoms with Crippen LogP contribution in [0.2, 0.25) is 0 Å². The Morgan fingerprint density at radius 2 is 1.72 bits per heavy atom. The van der Waals surface area contributed by atoms with Crippen molar-refractivity contribution < 1.29 is 22.4 Å². The molecule has 1 aliphatic heterocycles. The summed E-state index contributed by atoms with van der Waals surface area (Å²) in [5.74, 6) is -0.637. The molecule has 2 aromatic carbocycles. The first-order chi connectivity index (χ1) is 13.8. The number of hydrogen-bond acceptors (Lipinski definition) is 5. The monoisotopic (exact) mass is 436 g/mol. The van der Waals surface area contributed by atoms with Gasteiger partial charge in [-0.2, -0.15) is 4.31 Å². The van der Waals surface area contributed by atoms with Crippen molar-refractivity contribution in [3.8, 4) is 0 Å². The lowest BCUT2D eigenvalue weighted by molar-refractivity contribution is -0.129. The summed E-state index contributed by atoms with van der Waals surface area (Å²) in [7, 11) is -3.74. The Bertz CT molecular complexity index is 1020. The fourth-order valence-electron chi connectivity index (χ4n) is 3.00. The van der Waals surface area contributed by atoms with Crippen LogP contribution in [-0.4, -0.2) is 61.2 Å². The number of carbonyl (C=O) groups excluding carboxylic acids is 2. The molecule has 1 amide bonds. The number of ketones is 1. The standard InChI is InChI=1S/C20H21FN2O4S2/c1-15(24)16-5-4-6-17(13-16)29(26,27)23-11-9-22(10-12-23)20(25)14-28-19-8-3-2-7-18(19)21/h2-8,13H,9-12,14H2,1H3. The fourth-order valence-corrected chi connectivity index (χ4v) is 5.31. The molecule has 154 valence electrons. The molecule has 0 atom stereocenters. The van der Waals surface area contributed by atoms with Crippen molar-refractivity contribution >= 4 is 33.5 Å². The van der Waals surface area contributed by atoms with Crippen molar-refractivity contribution in [3.05, 3.63) is 59.9 Å². The van der Waals surface area contributed by atoms with Crippen molar-refractivity contribution in [2.24, 2.45) is 0 Å². The summed E-state index contributed by atoms with van der Waals surface area (Å²) in [6.07, 6.45) is 0. The van der Waals surface area contributed by atoms with Crippen LogP contribution in [0.5, 0.6) is 0 Å². The molecule has 2 aromatic rings. The fraction of sp³-hybridized carbons (Fsp3) is 0.300. The summed E-state index contributed by atoms with van der Waals surface area (Å²) in [6.45, 7) is 2.26. The highest BCUT2D eigenvalue weighted by Crippen LogP contribution is 2.23. The molecule has 0 spiro atoms. The number of nitrogens with zero attached hydrogens (tertiary/aromatic N) is 2. The number of carbonyl (C=O) groups is 2. The molecule has 0 saturated carbocycles. The Labute approximate surface area is 173 Å². The van der Waals surface area contributed by atoms with Crippen LogP contribution in [0.1, 0.15) is 17.3 Å². The van der Waals surface area contributed by atoms with Crippen LogP contribution < -0.4 is 0 Å². The SMILES string of the molecule is CC(=O)c1cccc(S(=O)(=O)N2CCN(C(=O)CSc3ccccc3F)CC2)c1. The van der Waals surface area contributed by atoms with Gasteiger partial charge in [0.25, 0.3) is 0 Å². The number of piperazine rings is 1. The van der Waals surface area contributed by atoms with Gasteiger partial charge in [-0.05, 0) is 31.2 Å². The first kappa shape index (κ1) is 21.5. The third-order valence-corrected chi connectivity index (χ3v) is 7.59. The maximum absolute atomic E-state index is 13.7. The molecule has 3 rings (SSSR count). The third-order valence-electron chi connectivity index (χ3n) is 4.66. The molecule has 0 N–H and O–H groups in total. The average Bonchev–Trinajstić information content (AvgIpc) is 2.73. The van der Waals surface area contributed by atoms with E-state index in [9.17, 15) is 22.4 Å². The van der Waals surface area contributed by atoms with Gasteiger partial charge in [0.05, 0.1) is 10.6 Å². The van der Waals surface area contributed by atoms with Crippen molar-refractivity contribution in [2.75, 3.05) is 31.9 Å².